The average molecular weight is 320 g/mol. The summed E-state index contributed by atoms with van der Waals surface area (Å²) in [6, 6.07) is 7.68. The van der Waals surface area contributed by atoms with E-state index in [0.29, 0.717) is 18.8 Å². The van der Waals surface area contributed by atoms with Crippen LogP contribution < -0.4 is 10.1 Å². The summed E-state index contributed by atoms with van der Waals surface area (Å²) >= 11 is 0. The molecule has 1 aliphatic rings. The number of amides is 2. The van der Waals surface area contributed by atoms with Crippen molar-refractivity contribution in [2.24, 2.45) is 0 Å². The zero-order chi connectivity index (χ0) is 16.7. The number of benzene rings is 1. The van der Waals surface area contributed by atoms with E-state index in [9.17, 15) is 9.59 Å². The monoisotopic (exact) mass is 320 g/mol. The Morgan fingerprint density at radius 3 is 2.43 bits per heavy atom. The Hall–Kier alpha value is -2.08. The lowest BCUT2D eigenvalue weighted by molar-refractivity contribution is -0.136. The number of piperidine rings is 1. The maximum atomic E-state index is 11.9. The lowest BCUT2D eigenvalue weighted by Crippen LogP contribution is -2.48. The molecule has 2 amide bonds. The van der Waals surface area contributed by atoms with Crippen molar-refractivity contribution in [1.29, 1.82) is 0 Å². The molecule has 6 nitrogen and oxygen atoms in total. The number of aryl methyl sites for hydroxylation is 1. The number of hydrogen-bond donors (Lipinski definition) is 1. The first kappa shape index (κ1) is 17.3. The predicted octanol–water partition coefficient (Wildman–Crippen LogP) is 1.13. The molecule has 1 saturated heterocycles. The maximum Gasteiger partial charge on any atom is 0.258 e. The van der Waals surface area contributed by atoms with E-state index in [1.165, 1.54) is 7.11 Å². The van der Waals surface area contributed by atoms with Crippen molar-refractivity contribution >= 4 is 11.8 Å². The van der Waals surface area contributed by atoms with E-state index in [2.05, 4.69) is 5.32 Å². The second kappa shape index (κ2) is 8.53. The molecule has 1 aromatic rings. The van der Waals surface area contributed by atoms with Gasteiger partial charge in [0.15, 0.2) is 6.61 Å². The molecular formula is C17H24N2O4. The fourth-order valence-electron chi connectivity index (χ4n) is 2.54. The van der Waals surface area contributed by atoms with Crippen LogP contribution in [0, 0.1) is 6.92 Å². The van der Waals surface area contributed by atoms with Gasteiger partial charge < -0.3 is 19.7 Å². The molecule has 126 valence electrons. The van der Waals surface area contributed by atoms with Crippen molar-refractivity contribution in [3.05, 3.63) is 29.8 Å². The number of likely N-dealkylation sites (tertiary alicyclic amines) is 1. The Morgan fingerprint density at radius 1 is 1.17 bits per heavy atom. The first-order chi connectivity index (χ1) is 11.1. The number of carbonyl (C=O) groups excluding carboxylic acids is 2. The summed E-state index contributed by atoms with van der Waals surface area (Å²) in [5, 5.41) is 2.96. The number of nitrogens with zero attached hydrogens (tertiary/aromatic N) is 1. The molecule has 0 saturated carbocycles. The standard InChI is InChI=1S/C17H24N2O4/c1-13-3-5-15(6-4-13)23-11-16(20)18-14-7-9-19(10-8-14)17(21)12-22-2/h3-6,14H,7-12H2,1-2H3,(H,18,20). The highest BCUT2D eigenvalue weighted by atomic mass is 16.5. The van der Waals surface area contributed by atoms with Gasteiger partial charge in [0.05, 0.1) is 0 Å². The molecule has 2 rings (SSSR count). The Balaban J connectivity index is 1.68. The van der Waals surface area contributed by atoms with Crippen LogP contribution in [0.1, 0.15) is 18.4 Å². The van der Waals surface area contributed by atoms with Gasteiger partial charge >= 0.3 is 0 Å². The van der Waals surface area contributed by atoms with E-state index < -0.39 is 0 Å². The second-order valence-electron chi connectivity index (χ2n) is 5.76. The average Bonchev–Trinajstić information content (AvgIpc) is 2.55. The molecule has 0 bridgehead atoms. The van der Waals surface area contributed by atoms with Crippen LogP contribution in [0.15, 0.2) is 24.3 Å². The van der Waals surface area contributed by atoms with Gasteiger partial charge in [-0.1, -0.05) is 17.7 Å². The van der Waals surface area contributed by atoms with Gasteiger partial charge in [0, 0.05) is 26.2 Å². The molecule has 1 heterocycles. The minimum atomic E-state index is -0.132. The van der Waals surface area contributed by atoms with Crippen LogP contribution in [0.4, 0.5) is 0 Å². The van der Waals surface area contributed by atoms with E-state index >= 15 is 0 Å². The summed E-state index contributed by atoms with van der Waals surface area (Å²) in [5.41, 5.74) is 1.15. The Labute approximate surface area is 136 Å². The third-order valence-corrected chi connectivity index (χ3v) is 3.87. The third-order valence-electron chi connectivity index (χ3n) is 3.87. The van der Waals surface area contributed by atoms with Gasteiger partial charge in [-0.05, 0) is 31.9 Å². The van der Waals surface area contributed by atoms with Crippen LogP contribution in [0.2, 0.25) is 0 Å². The zero-order valence-corrected chi connectivity index (χ0v) is 13.7. The molecule has 0 unspecified atom stereocenters. The summed E-state index contributed by atoms with van der Waals surface area (Å²) in [7, 11) is 1.51. The molecule has 1 fully saturated rings. The van der Waals surface area contributed by atoms with Crippen LogP contribution in [-0.2, 0) is 14.3 Å². The number of ether oxygens (including phenoxy) is 2. The molecule has 0 aliphatic carbocycles. The topological polar surface area (TPSA) is 67.9 Å². The van der Waals surface area contributed by atoms with Crippen molar-refractivity contribution in [3.63, 3.8) is 0 Å². The van der Waals surface area contributed by atoms with Gasteiger partial charge in [0.25, 0.3) is 5.91 Å². The highest BCUT2D eigenvalue weighted by Gasteiger charge is 2.23. The lowest BCUT2D eigenvalue weighted by atomic mass is 10.1. The normalized spacial score (nSPS) is 15.3. The molecule has 1 N–H and O–H groups in total. The third kappa shape index (κ3) is 5.56. The minimum Gasteiger partial charge on any atom is -0.484 e. The van der Waals surface area contributed by atoms with Crippen molar-refractivity contribution in [3.8, 4) is 5.75 Å². The van der Waals surface area contributed by atoms with Crippen LogP contribution in [0.25, 0.3) is 0 Å². The van der Waals surface area contributed by atoms with E-state index in [1.54, 1.807) is 4.90 Å². The fourth-order valence-corrected chi connectivity index (χ4v) is 2.54. The van der Waals surface area contributed by atoms with Gasteiger partial charge in [-0.3, -0.25) is 9.59 Å². The number of methoxy groups -OCH3 is 1. The molecule has 0 atom stereocenters. The maximum absolute atomic E-state index is 11.9. The minimum absolute atomic E-state index is 0.0000177. The first-order valence-electron chi connectivity index (χ1n) is 7.84. The Kier molecular flexibility index (Phi) is 6.40. The Bertz CT molecular complexity index is 522. The van der Waals surface area contributed by atoms with Gasteiger partial charge in [0.2, 0.25) is 5.91 Å². The number of hydrogen-bond acceptors (Lipinski definition) is 4. The molecule has 0 spiro atoms. The molecule has 0 aromatic heterocycles. The van der Waals surface area contributed by atoms with Crippen molar-refractivity contribution < 1.29 is 19.1 Å². The number of rotatable bonds is 6. The predicted molar refractivity (Wildman–Crippen MR) is 86.3 cm³/mol. The lowest BCUT2D eigenvalue weighted by Gasteiger charge is -2.32. The summed E-state index contributed by atoms with van der Waals surface area (Å²) in [4.78, 5) is 25.4. The zero-order valence-electron chi connectivity index (χ0n) is 13.7. The SMILES string of the molecule is COCC(=O)N1CCC(NC(=O)COc2ccc(C)cc2)CC1. The molecule has 0 radical (unpaired) electrons. The quantitative estimate of drug-likeness (QED) is 0.853. The fraction of sp³-hybridized carbons (Fsp3) is 0.529. The molecule has 1 aliphatic heterocycles. The van der Waals surface area contributed by atoms with Crippen LogP contribution in [-0.4, -0.2) is 56.2 Å². The Morgan fingerprint density at radius 2 is 1.83 bits per heavy atom. The highest BCUT2D eigenvalue weighted by Crippen LogP contribution is 2.12. The van der Waals surface area contributed by atoms with Crippen LogP contribution >= 0.6 is 0 Å². The van der Waals surface area contributed by atoms with Crippen molar-refractivity contribution in [2.75, 3.05) is 33.4 Å². The number of carbonyl (C=O) groups is 2. The van der Waals surface area contributed by atoms with Gasteiger partial charge in [0.1, 0.15) is 12.4 Å². The smallest absolute Gasteiger partial charge is 0.258 e. The summed E-state index contributed by atoms with van der Waals surface area (Å²) in [5.74, 6) is 0.554. The van der Waals surface area contributed by atoms with Crippen LogP contribution in [0.5, 0.6) is 5.75 Å². The summed E-state index contributed by atoms with van der Waals surface area (Å²) < 4.78 is 10.3. The second-order valence-corrected chi connectivity index (χ2v) is 5.76. The van der Waals surface area contributed by atoms with Gasteiger partial charge in [-0.15, -0.1) is 0 Å². The molecule has 1 aromatic carbocycles. The molecule has 23 heavy (non-hydrogen) atoms. The van der Waals surface area contributed by atoms with E-state index in [4.69, 9.17) is 9.47 Å². The van der Waals surface area contributed by atoms with Gasteiger partial charge in [-0.2, -0.15) is 0 Å². The molecular weight excluding hydrogens is 296 g/mol. The van der Waals surface area contributed by atoms with Crippen LogP contribution in [0.3, 0.4) is 0 Å². The van der Waals surface area contributed by atoms with Crippen molar-refractivity contribution in [2.45, 2.75) is 25.8 Å². The van der Waals surface area contributed by atoms with Gasteiger partial charge in [-0.25, -0.2) is 0 Å². The highest BCUT2D eigenvalue weighted by molar-refractivity contribution is 5.78. The van der Waals surface area contributed by atoms with E-state index in [1.807, 2.05) is 31.2 Å². The summed E-state index contributed by atoms with van der Waals surface area (Å²) in [6.07, 6.45) is 1.51. The first-order valence-corrected chi connectivity index (χ1v) is 7.84. The van der Waals surface area contributed by atoms with Crippen molar-refractivity contribution in [1.82, 2.24) is 10.2 Å². The van der Waals surface area contributed by atoms with E-state index in [0.717, 1.165) is 18.4 Å². The number of nitrogens with one attached hydrogen (secondary N) is 1. The van der Waals surface area contributed by atoms with E-state index in [-0.39, 0.29) is 31.1 Å². The summed E-state index contributed by atoms with van der Waals surface area (Å²) in [6.45, 7) is 3.41. The largest absolute Gasteiger partial charge is 0.484 e. The molecule has 6 heteroatoms.